The number of nitrogens with zero attached hydrogens (tertiary/aromatic N) is 1. The second-order valence-electron chi connectivity index (χ2n) is 5.21. The van der Waals surface area contributed by atoms with Crippen LogP contribution in [-0.2, 0) is 21.2 Å². The third-order valence-electron chi connectivity index (χ3n) is 3.37. The van der Waals surface area contributed by atoms with E-state index in [-0.39, 0.29) is 23.3 Å². The molecular formula is C10H20NO5S2+. The molecule has 1 heterocycles. The van der Waals surface area contributed by atoms with E-state index in [1.807, 2.05) is 7.05 Å². The molecule has 0 bridgehead atoms. The molecule has 1 aliphatic rings. The van der Waals surface area contributed by atoms with Gasteiger partial charge in [-0.2, -0.15) is 8.42 Å². The van der Waals surface area contributed by atoms with Gasteiger partial charge >= 0.3 is 0 Å². The van der Waals surface area contributed by atoms with Crippen LogP contribution < -0.4 is 0 Å². The van der Waals surface area contributed by atoms with Crippen LogP contribution in [0.1, 0.15) is 0 Å². The van der Waals surface area contributed by atoms with E-state index in [4.69, 9.17) is 9.11 Å². The van der Waals surface area contributed by atoms with Gasteiger partial charge in [-0.1, -0.05) is 6.58 Å². The van der Waals surface area contributed by atoms with Crippen molar-refractivity contribution < 1.29 is 26.2 Å². The number of rotatable bonds is 6. The summed E-state index contributed by atoms with van der Waals surface area (Å²) in [5.41, 5.74) is 0. The van der Waals surface area contributed by atoms with Crippen LogP contribution >= 0.6 is 0 Å². The van der Waals surface area contributed by atoms with Gasteiger partial charge in [-0.15, -0.1) is 0 Å². The summed E-state index contributed by atoms with van der Waals surface area (Å²) in [6.45, 7) is 5.53. The van der Waals surface area contributed by atoms with Gasteiger partial charge in [0.2, 0.25) is 0 Å². The minimum absolute atomic E-state index is 0.0468. The molecule has 0 aromatic heterocycles. The van der Waals surface area contributed by atoms with Crippen molar-refractivity contribution in [1.29, 1.82) is 0 Å². The summed E-state index contributed by atoms with van der Waals surface area (Å²) in [6, 6.07) is 0. The minimum Gasteiger partial charge on any atom is -0.322 e. The molecule has 4 unspecified atom stereocenters. The van der Waals surface area contributed by atoms with E-state index >= 15 is 0 Å². The van der Waals surface area contributed by atoms with E-state index < -0.39 is 21.2 Å². The SMILES string of the molecule is C=CC[N+]1(C)CC(CS(=O)O)C(CS(=O)(=O)O)C1. The summed E-state index contributed by atoms with van der Waals surface area (Å²) < 4.78 is 51.4. The standard InChI is InChI=1S/C10H19NO5S2/c1-3-4-11(2)5-9(7-17(12)13)10(6-11)8-18(14,15)16/h3,9-10H,1,4-8H2,2H3,(H-,12,13,14,15,16)/p+1. The Hall–Kier alpha value is -0.280. The minimum atomic E-state index is -4.06. The predicted molar refractivity (Wildman–Crippen MR) is 70.0 cm³/mol. The number of likely N-dealkylation sites (tertiary alicyclic amines) is 1. The van der Waals surface area contributed by atoms with Crippen LogP contribution in [0.25, 0.3) is 0 Å². The fourth-order valence-corrected chi connectivity index (χ4v) is 4.46. The van der Waals surface area contributed by atoms with Crippen LogP contribution in [-0.4, -0.2) is 64.4 Å². The Morgan fingerprint density at radius 2 is 2.00 bits per heavy atom. The van der Waals surface area contributed by atoms with E-state index in [2.05, 4.69) is 6.58 Å². The predicted octanol–water partition coefficient (Wildman–Crippen LogP) is -0.0255. The molecule has 1 fully saturated rings. The van der Waals surface area contributed by atoms with E-state index in [1.165, 1.54) is 0 Å². The van der Waals surface area contributed by atoms with Crippen molar-refractivity contribution in [2.24, 2.45) is 11.8 Å². The Balaban J connectivity index is 2.84. The highest BCUT2D eigenvalue weighted by Gasteiger charge is 2.44. The molecule has 1 rings (SSSR count). The zero-order valence-electron chi connectivity index (χ0n) is 10.4. The molecule has 0 saturated carbocycles. The molecule has 6 nitrogen and oxygen atoms in total. The fourth-order valence-electron chi connectivity index (χ4n) is 2.80. The van der Waals surface area contributed by atoms with Crippen LogP contribution in [0.5, 0.6) is 0 Å². The van der Waals surface area contributed by atoms with Gasteiger partial charge in [0.25, 0.3) is 10.1 Å². The van der Waals surface area contributed by atoms with Crippen molar-refractivity contribution in [2.75, 3.05) is 38.2 Å². The average Bonchev–Trinajstić information content (AvgIpc) is 2.38. The summed E-state index contributed by atoms with van der Waals surface area (Å²) in [6.07, 6.45) is 1.75. The van der Waals surface area contributed by atoms with Crippen LogP contribution in [0.15, 0.2) is 12.7 Å². The Morgan fingerprint density at radius 1 is 1.44 bits per heavy atom. The molecule has 0 amide bonds. The third-order valence-corrected chi connectivity index (χ3v) is 4.93. The van der Waals surface area contributed by atoms with Gasteiger partial charge in [0.05, 0.1) is 38.2 Å². The zero-order chi connectivity index (χ0) is 14.0. The van der Waals surface area contributed by atoms with E-state index in [0.717, 1.165) is 0 Å². The number of likely N-dealkylation sites (N-methyl/N-ethyl adjacent to an activating group) is 1. The van der Waals surface area contributed by atoms with Gasteiger partial charge in [0.1, 0.15) is 0 Å². The molecule has 0 aromatic rings. The lowest BCUT2D eigenvalue weighted by Gasteiger charge is -2.28. The monoisotopic (exact) mass is 298 g/mol. The summed E-state index contributed by atoms with van der Waals surface area (Å²) in [5.74, 6) is -0.769. The Morgan fingerprint density at radius 3 is 2.44 bits per heavy atom. The Bertz CT molecular complexity index is 436. The molecule has 0 radical (unpaired) electrons. The number of hydrogen-bond donors (Lipinski definition) is 2. The first-order chi connectivity index (χ1) is 8.15. The van der Waals surface area contributed by atoms with Gasteiger partial charge in [-0.25, -0.2) is 4.21 Å². The van der Waals surface area contributed by atoms with Crippen molar-refractivity contribution in [2.45, 2.75) is 0 Å². The number of hydrogen-bond acceptors (Lipinski definition) is 3. The molecule has 18 heavy (non-hydrogen) atoms. The summed E-state index contributed by atoms with van der Waals surface area (Å²) in [7, 11) is -2.10. The third kappa shape index (κ3) is 4.77. The second-order valence-corrected chi connectivity index (χ2v) is 7.69. The molecule has 4 atom stereocenters. The molecule has 1 saturated heterocycles. The van der Waals surface area contributed by atoms with E-state index in [9.17, 15) is 12.6 Å². The van der Waals surface area contributed by atoms with E-state index in [1.54, 1.807) is 6.08 Å². The first-order valence-corrected chi connectivity index (χ1v) is 8.51. The van der Waals surface area contributed by atoms with Crippen LogP contribution in [0.2, 0.25) is 0 Å². The molecule has 1 aliphatic heterocycles. The fraction of sp³-hybridized carbons (Fsp3) is 0.800. The van der Waals surface area contributed by atoms with Crippen LogP contribution in [0.3, 0.4) is 0 Å². The highest BCUT2D eigenvalue weighted by atomic mass is 32.2. The van der Waals surface area contributed by atoms with Crippen molar-refractivity contribution in [3.8, 4) is 0 Å². The first-order valence-electron chi connectivity index (χ1n) is 5.62. The largest absolute Gasteiger partial charge is 0.322 e. The molecule has 2 N–H and O–H groups in total. The molecule has 0 aromatic carbocycles. The molecule has 106 valence electrons. The van der Waals surface area contributed by atoms with Gasteiger partial charge in [-0.3, -0.25) is 4.55 Å². The normalized spacial score (nSPS) is 34.4. The second kappa shape index (κ2) is 5.79. The topological polar surface area (TPSA) is 91.7 Å². The van der Waals surface area contributed by atoms with Crippen LogP contribution in [0, 0.1) is 11.8 Å². The Labute approximate surface area is 110 Å². The summed E-state index contributed by atoms with van der Waals surface area (Å²) >= 11 is -1.95. The van der Waals surface area contributed by atoms with Crippen molar-refractivity contribution in [3.63, 3.8) is 0 Å². The van der Waals surface area contributed by atoms with Crippen molar-refractivity contribution >= 4 is 21.2 Å². The maximum atomic E-state index is 11.0. The molecular weight excluding hydrogens is 278 g/mol. The van der Waals surface area contributed by atoms with Gasteiger partial charge in [0, 0.05) is 11.8 Å². The maximum Gasteiger partial charge on any atom is 0.265 e. The van der Waals surface area contributed by atoms with Crippen molar-refractivity contribution in [1.82, 2.24) is 0 Å². The van der Waals surface area contributed by atoms with Gasteiger partial charge in [-0.05, 0) is 6.08 Å². The molecule has 8 heteroatoms. The summed E-state index contributed by atoms with van der Waals surface area (Å²) in [4.78, 5) is 0. The highest BCUT2D eigenvalue weighted by molar-refractivity contribution is 7.85. The number of quaternary nitrogens is 1. The van der Waals surface area contributed by atoms with E-state index in [0.29, 0.717) is 24.1 Å². The quantitative estimate of drug-likeness (QED) is 0.311. The lowest BCUT2D eigenvalue weighted by molar-refractivity contribution is -0.894. The van der Waals surface area contributed by atoms with Gasteiger partial charge < -0.3 is 9.04 Å². The average molecular weight is 298 g/mol. The van der Waals surface area contributed by atoms with Crippen LogP contribution in [0.4, 0.5) is 0 Å². The smallest absolute Gasteiger partial charge is 0.265 e. The molecule has 0 aliphatic carbocycles. The highest BCUT2D eigenvalue weighted by Crippen LogP contribution is 2.30. The van der Waals surface area contributed by atoms with Crippen molar-refractivity contribution in [3.05, 3.63) is 12.7 Å². The maximum absolute atomic E-state index is 11.0. The lowest BCUT2D eigenvalue weighted by atomic mass is 10.0. The zero-order valence-corrected chi connectivity index (χ0v) is 12.0. The summed E-state index contributed by atoms with van der Waals surface area (Å²) in [5, 5.41) is 0. The first kappa shape index (κ1) is 15.8. The Kier molecular flexibility index (Phi) is 5.07. The van der Waals surface area contributed by atoms with Gasteiger partial charge in [0.15, 0.2) is 11.1 Å². The molecule has 0 spiro atoms. The lowest BCUT2D eigenvalue weighted by Crippen LogP contribution is -2.42.